The lowest BCUT2D eigenvalue weighted by atomic mass is 9.96. The van der Waals surface area contributed by atoms with Gasteiger partial charge in [0.25, 0.3) is 0 Å². The third kappa shape index (κ3) is 2.93. The molecule has 1 saturated heterocycles. The Bertz CT molecular complexity index is 358. The fourth-order valence-corrected chi connectivity index (χ4v) is 2.81. The SMILES string of the molecule is CCCC1CCCN(c2nn(C)cc2N)CC1. The van der Waals surface area contributed by atoms with Gasteiger partial charge in [0.1, 0.15) is 0 Å². The summed E-state index contributed by atoms with van der Waals surface area (Å²) in [5, 5.41) is 4.46. The molecule has 0 aromatic carbocycles. The second-order valence-corrected chi connectivity index (χ2v) is 5.15. The van der Waals surface area contributed by atoms with Gasteiger partial charge in [-0.25, -0.2) is 0 Å². The molecule has 2 N–H and O–H groups in total. The van der Waals surface area contributed by atoms with Crippen molar-refractivity contribution >= 4 is 11.5 Å². The molecular formula is C13H24N4. The zero-order valence-electron chi connectivity index (χ0n) is 11.0. The molecule has 0 aliphatic carbocycles. The number of nitrogens with zero attached hydrogens (tertiary/aromatic N) is 3. The number of nitrogens with two attached hydrogens (primary N) is 1. The van der Waals surface area contributed by atoms with Crippen LogP contribution in [0.15, 0.2) is 6.20 Å². The van der Waals surface area contributed by atoms with Crippen molar-refractivity contribution in [3.8, 4) is 0 Å². The van der Waals surface area contributed by atoms with Crippen LogP contribution in [0.2, 0.25) is 0 Å². The number of anilines is 2. The number of hydrogen-bond acceptors (Lipinski definition) is 3. The van der Waals surface area contributed by atoms with Crippen molar-refractivity contribution in [3.05, 3.63) is 6.20 Å². The van der Waals surface area contributed by atoms with Gasteiger partial charge in [-0.15, -0.1) is 0 Å². The summed E-state index contributed by atoms with van der Waals surface area (Å²) in [5.74, 6) is 1.87. The number of aryl methyl sites for hydroxylation is 1. The Morgan fingerprint density at radius 1 is 1.41 bits per heavy atom. The molecule has 1 aliphatic heterocycles. The smallest absolute Gasteiger partial charge is 0.173 e. The van der Waals surface area contributed by atoms with Crippen molar-refractivity contribution < 1.29 is 0 Å². The summed E-state index contributed by atoms with van der Waals surface area (Å²) in [7, 11) is 1.93. The minimum absolute atomic E-state index is 0.807. The summed E-state index contributed by atoms with van der Waals surface area (Å²) in [6, 6.07) is 0. The summed E-state index contributed by atoms with van der Waals surface area (Å²) < 4.78 is 1.80. The second kappa shape index (κ2) is 5.43. The van der Waals surface area contributed by atoms with Gasteiger partial charge in [-0.2, -0.15) is 5.10 Å². The van der Waals surface area contributed by atoms with E-state index in [0.29, 0.717) is 0 Å². The first-order valence-electron chi connectivity index (χ1n) is 6.74. The molecule has 1 fully saturated rings. The Morgan fingerprint density at radius 2 is 2.24 bits per heavy atom. The van der Waals surface area contributed by atoms with Crippen molar-refractivity contribution in [1.29, 1.82) is 0 Å². The Labute approximate surface area is 104 Å². The van der Waals surface area contributed by atoms with Crippen molar-refractivity contribution in [3.63, 3.8) is 0 Å². The fraction of sp³-hybridized carbons (Fsp3) is 0.769. The number of rotatable bonds is 3. The van der Waals surface area contributed by atoms with Gasteiger partial charge in [0.15, 0.2) is 5.82 Å². The third-order valence-electron chi connectivity index (χ3n) is 3.68. The van der Waals surface area contributed by atoms with E-state index in [1.54, 1.807) is 4.68 Å². The van der Waals surface area contributed by atoms with Crippen LogP contribution >= 0.6 is 0 Å². The third-order valence-corrected chi connectivity index (χ3v) is 3.68. The molecule has 1 aromatic heterocycles. The normalized spacial score (nSPS) is 21.5. The maximum absolute atomic E-state index is 5.99. The maximum atomic E-state index is 5.99. The lowest BCUT2D eigenvalue weighted by Gasteiger charge is -2.20. The molecule has 1 aromatic rings. The van der Waals surface area contributed by atoms with Gasteiger partial charge in [-0.05, 0) is 25.2 Å². The van der Waals surface area contributed by atoms with E-state index in [-0.39, 0.29) is 0 Å². The summed E-state index contributed by atoms with van der Waals surface area (Å²) in [5.41, 5.74) is 6.80. The molecule has 17 heavy (non-hydrogen) atoms. The predicted octanol–water partition coefficient (Wildman–Crippen LogP) is 2.41. The van der Waals surface area contributed by atoms with Gasteiger partial charge in [0.05, 0.1) is 5.69 Å². The van der Waals surface area contributed by atoms with Gasteiger partial charge in [-0.1, -0.05) is 19.8 Å². The average Bonchev–Trinajstić information content (AvgIpc) is 2.52. The standard InChI is InChI=1S/C13H24N4/c1-3-5-11-6-4-8-17(9-7-11)13-12(14)10-16(2)15-13/h10-11H,3-9,14H2,1-2H3. The molecule has 1 unspecified atom stereocenters. The Balaban J connectivity index is 2.01. The quantitative estimate of drug-likeness (QED) is 0.876. The molecule has 0 saturated carbocycles. The highest BCUT2D eigenvalue weighted by Crippen LogP contribution is 2.27. The van der Waals surface area contributed by atoms with Crippen LogP contribution in [0, 0.1) is 5.92 Å². The topological polar surface area (TPSA) is 47.1 Å². The van der Waals surface area contributed by atoms with Crippen LogP contribution in [-0.2, 0) is 7.05 Å². The largest absolute Gasteiger partial charge is 0.394 e. The van der Waals surface area contributed by atoms with Crippen molar-refractivity contribution in [2.75, 3.05) is 23.7 Å². The van der Waals surface area contributed by atoms with E-state index in [1.807, 2.05) is 13.2 Å². The Morgan fingerprint density at radius 3 is 2.88 bits per heavy atom. The van der Waals surface area contributed by atoms with Crippen LogP contribution in [0.5, 0.6) is 0 Å². The van der Waals surface area contributed by atoms with Crippen molar-refractivity contribution in [1.82, 2.24) is 9.78 Å². The molecule has 0 radical (unpaired) electrons. The monoisotopic (exact) mass is 236 g/mol. The highest BCUT2D eigenvalue weighted by Gasteiger charge is 2.19. The van der Waals surface area contributed by atoms with Crippen LogP contribution < -0.4 is 10.6 Å². The van der Waals surface area contributed by atoms with E-state index >= 15 is 0 Å². The first kappa shape index (κ1) is 12.3. The highest BCUT2D eigenvalue weighted by atomic mass is 15.3. The van der Waals surface area contributed by atoms with Gasteiger partial charge in [0.2, 0.25) is 0 Å². The molecule has 2 rings (SSSR count). The summed E-state index contributed by atoms with van der Waals surface area (Å²) in [6.45, 7) is 4.48. The molecule has 4 nitrogen and oxygen atoms in total. The van der Waals surface area contributed by atoms with E-state index in [9.17, 15) is 0 Å². The first-order valence-corrected chi connectivity index (χ1v) is 6.74. The molecule has 1 aliphatic rings. The number of nitrogen functional groups attached to an aromatic ring is 1. The summed E-state index contributed by atoms with van der Waals surface area (Å²) in [6.07, 6.45) is 8.47. The average molecular weight is 236 g/mol. The van der Waals surface area contributed by atoms with E-state index in [2.05, 4.69) is 16.9 Å². The van der Waals surface area contributed by atoms with Gasteiger partial charge in [-0.3, -0.25) is 4.68 Å². The van der Waals surface area contributed by atoms with E-state index in [0.717, 1.165) is 30.5 Å². The fourth-order valence-electron chi connectivity index (χ4n) is 2.81. The van der Waals surface area contributed by atoms with Crippen molar-refractivity contribution in [2.24, 2.45) is 13.0 Å². The van der Waals surface area contributed by atoms with Crippen LogP contribution in [0.1, 0.15) is 39.0 Å². The van der Waals surface area contributed by atoms with E-state index in [4.69, 9.17) is 5.73 Å². The molecule has 96 valence electrons. The predicted molar refractivity (Wildman–Crippen MR) is 72.1 cm³/mol. The molecule has 0 amide bonds. The summed E-state index contributed by atoms with van der Waals surface area (Å²) >= 11 is 0. The van der Waals surface area contributed by atoms with E-state index < -0.39 is 0 Å². The molecule has 2 heterocycles. The Hall–Kier alpha value is -1.19. The molecule has 4 heteroatoms. The zero-order valence-corrected chi connectivity index (χ0v) is 11.0. The van der Waals surface area contributed by atoms with Crippen molar-refractivity contribution in [2.45, 2.75) is 39.0 Å². The molecule has 0 spiro atoms. The van der Waals surface area contributed by atoms with E-state index in [1.165, 1.54) is 32.1 Å². The minimum atomic E-state index is 0.807. The molecule has 0 bridgehead atoms. The zero-order chi connectivity index (χ0) is 12.3. The number of hydrogen-bond donors (Lipinski definition) is 1. The molecular weight excluding hydrogens is 212 g/mol. The van der Waals surface area contributed by atoms with Gasteiger partial charge < -0.3 is 10.6 Å². The van der Waals surface area contributed by atoms with Crippen LogP contribution in [0.3, 0.4) is 0 Å². The van der Waals surface area contributed by atoms with Gasteiger partial charge in [0, 0.05) is 26.3 Å². The lowest BCUT2D eigenvalue weighted by molar-refractivity contribution is 0.435. The Kier molecular flexibility index (Phi) is 3.92. The lowest BCUT2D eigenvalue weighted by Crippen LogP contribution is -2.25. The number of aromatic nitrogens is 2. The maximum Gasteiger partial charge on any atom is 0.173 e. The van der Waals surface area contributed by atoms with Crippen LogP contribution in [0.25, 0.3) is 0 Å². The minimum Gasteiger partial charge on any atom is -0.394 e. The molecule has 1 atom stereocenters. The second-order valence-electron chi connectivity index (χ2n) is 5.15. The van der Waals surface area contributed by atoms with Crippen LogP contribution in [-0.4, -0.2) is 22.9 Å². The van der Waals surface area contributed by atoms with Gasteiger partial charge >= 0.3 is 0 Å². The summed E-state index contributed by atoms with van der Waals surface area (Å²) in [4.78, 5) is 2.35. The van der Waals surface area contributed by atoms with Crippen LogP contribution in [0.4, 0.5) is 11.5 Å². The highest BCUT2D eigenvalue weighted by molar-refractivity contribution is 5.61. The first-order chi connectivity index (χ1) is 8.20.